The van der Waals surface area contributed by atoms with Gasteiger partial charge in [0.25, 0.3) is 5.95 Å². The maximum atomic E-state index is 12.1. The molecule has 0 fully saturated rings. The predicted molar refractivity (Wildman–Crippen MR) is 113 cm³/mol. The van der Waals surface area contributed by atoms with Crippen molar-refractivity contribution in [3.8, 4) is 0 Å². The maximum absolute atomic E-state index is 12.1. The fourth-order valence-electron chi connectivity index (χ4n) is 2.13. The van der Waals surface area contributed by atoms with Gasteiger partial charge in [-0.1, -0.05) is 53.2 Å². The minimum Gasteiger partial charge on any atom is -0.334 e. The number of thioether (sulfide) groups is 1. The molecule has 0 aliphatic carbocycles. The summed E-state index contributed by atoms with van der Waals surface area (Å²) in [6.45, 7) is 1.99. The lowest BCUT2D eigenvalue weighted by molar-refractivity contribution is -0.113. The average molecular weight is 416 g/mol. The number of rotatable bonds is 7. The molecule has 3 aromatic rings. The molecule has 0 aliphatic heterocycles. The van der Waals surface area contributed by atoms with Crippen molar-refractivity contribution in [2.45, 2.75) is 12.1 Å². The Morgan fingerprint density at radius 2 is 1.93 bits per heavy atom. The van der Waals surface area contributed by atoms with Crippen LogP contribution in [-0.4, -0.2) is 32.7 Å². The average Bonchev–Trinajstić information content (AvgIpc) is 3.03. The molecule has 28 heavy (non-hydrogen) atoms. The summed E-state index contributed by atoms with van der Waals surface area (Å²) in [6, 6.07) is 14.8. The summed E-state index contributed by atoms with van der Waals surface area (Å²) in [7, 11) is 0. The number of amides is 1. The van der Waals surface area contributed by atoms with Crippen LogP contribution in [0.2, 0.25) is 5.02 Å². The first kappa shape index (κ1) is 19.7. The fourth-order valence-corrected chi connectivity index (χ4v) is 2.91. The van der Waals surface area contributed by atoms with Crippen molar-refractivity contribution in [1.82, 2.24) is 14.9 Å². The molecule has 0 atom stereocenters. The molecular formula is C18H18ClN7OS. The fraction of sp³-hybridized carbons (Fsp3) is 0.111. The van der Waals surface area contributed by atoms with Gasteiger partial charge in [-0.15, -0.1) is 10.2 Å². The minimum absolute atomic E-state index is 0.150. The number of aromatic nitrogens is 3. The lowest BCUT2D eigenvalue weighted by atomic mass is 10.2. The van der Waals surface area contributed by atoms with Crippen LogP contribution in [0.4, 0.5) is 11.6 Å². The quantitative estimate of drug-likeness (QED) is 0.236. The number of carbonyl (C=O) groups is 1. The number of carbonyl (C=O) groups excluding carboxylic acids is 1. The highest BCUT2D eigenvalue weighted by molar-refractivity contribution is 7.99. The van der Waals surface area contributed by atoms with Crippen LogP contribution < -0.4 is 16.6 Å². The Bertz CT molecular complexity index is 971. The molecule has 1 amide bonds. The summed E-state index contributed by atoms with van der Waals surface area (Å²) in [5.74, 6) is 6.19. The molecule has 1 heterocycles. The second-order valence-corrected chi connectivity index (χ2v) is 7.18. The number of nitrogen functional groups attached to an aromatic ring is 1. The molecule has 0 unspecified atom stereocenters. The van der Waals surface area contributed by atoms with E-state index in [-0.39, 0.29) is 17.6 Å². The standard InChI is InChI=1S/C18H18ClN7OS/c1-12-2-8-15(9-3-12)22-16(27)11-28-18-25-24-17(26(18)20)23-21-10-13-4-6-14(19)7-5-13/h2-10H,11,20H2,1H3,(H,22,27)(H,23,24)/b21-10+. The summed E-state index contributed by atoms with van der Waals surface area (Å²) in [5, 5.41) is 15.8. The molecule has 0 spiro atoms. The van der Waals surface area contributed by atoms with Crippen molar-refractivity contribution in [3.05, 3.63) is 64.7 Å². The highest BCUT2D eigenvalue weighted by atomic mass is 35.5. The van der Waals surface area contributed by atoms with E-state index in [4.69, 9.17) is 17.4 Å². The second kappa shape index (κ2) is 9.25. The Morgan fingerprint density at radius 3 is 2.64 bits per heavy atom. The van der Waals surface area contributed by atoms with Gasteiger partial charge in [0, 0.05) is 10.7 Å². The second-order valence-electron chi connectivity index (χ2n) is 5.80. The first-order chi connectivity index (χ1) is 13.5. The molecule has 1 aromatic heterocycles. The van der Waals surface area contributed by atoms with E-state index in [1.54, 1.807) is 18.3 Å². The molecule has 0 saturated heterocycles. The molecule has 4 N–H and O–H groups in total. The van der Waals surface area contributed by atoms with Crippen molar-refractivity contribution >= 4 is 47.1 Å². The molecule has 3 rings (SSSR count). The summed E-state index contributed by atoms with van der Waals surface area (Å²) in [5.41, 5.74) is 5.45. The van der Waals surface area contributed by atoms with Gasteiger partial charge in [0.1, 0.15) is 0 Å². The Kier molecular flexibility index (Phi) is 6.51. The Labute approximate surface area is 171 Å². The lowest BCUT2D eigenvalue weighted by Gasteiger charge is -2.05. The molecule has 0 saturated carbocycles. The number of nitrogens with one attached hydrogen (secondary N) is 2. The Balaban J connectivity index is 1.51. The highest BCUT2D eigenvalue weighted by Crippen LogP contribution is 2.17. The van der Waals surface area contributed by atoms with Crippen molar-refractivity contribution in [1.29, 1.82) is 0 Å². The zero-order valence-corrected chi connectivity index (χ0v) is 16.5. The van der Waals surface area contributed by atoms with Crippen LogP contribution in [0.15, 0.2) is 58.8 Å². The monoisotopic (exact) mass is 415 g/mol. The van der Waals surface area contributed by atoms with Gasteiger partial charge in [-0.2, -0.15) is 5.10 Å². The van der Waals surface area contributed by atoms with Crippen molar-refractivity contribution < 1.29 is 4.79 Å². The van der Waals surface area contributed by atoms with Gasteiger partial charge in [-0.25, -0.2) is 10.1 Å². The SMILES string of the molecule is Cc1ccc(NC(=O)CSc2nnc(N/N=C/c3ccc(Cl)cc3)n2N)cc1. The Morgan fingerprint density at radius 1 is 1.21 bits per heavy atom. The number of aryl methyl sites for hydroxylation is 1. The van der Waals surface area contributed by atoms with Crippen LogP contribution in [0.5, 0.6) is 0 Å². The first-order valence-corrected chi connectivity index (χ1v) is 9.62. The van der Waals surface area contributed by atoms with E-state index in [9.17, 15) is 4.79 Å². The van der Waals surface area contributed by atoms with E-state index >= 15 is 0 Å². The summed E-state index contributed by atoms with van der Waals surface area (Å²) in [6.07, 6.45) is 1.60. The van der Waals surface area contributed by atoms with Crippen molar-refractivity contribution in [2.75, 3.05) is 22.3 Å². The largest absolute Gasteiger partial charge is 0.334 e. The highest BCUT2D eigenvalue weighted by Gasteiger charge is 2.12. The van der Waals surface area contributed by atoms with E-state index in [0.717, 1.165) is 16.8 Å². The third kappa shape index (κ3) is 5.48. The third-order valence-corrected chi connectivity index (χ3v) is 4.78. The van der Waals surface area contributed by atoms with Gasteiger partial charge in [0.2, 0.25) is 11.1 Å². The van der Waals surface area contributed by atoms with E-state index in [0.29, 0.717) is 10.2 Å². The number of hydrogen-bond donors (Lipinski definition) is 3. The molecule has 10 heteroatoms. The number of halogens is 1. The van der Waals surface area contributed by atoms with Gasteiger partial charge in [-0.05, 0) is 36.8 Å². The van der Waals surface area contributed by atoms with Crippen LogP contribution in [0.3, 0.4) is 0 Å². The van der Waals surface area contributed by atoms with Crippen LogP contribution in [0.1, 0.15) is 11.1 Å². The van der Waals surface area contributed by atoms with E-state index in [2.05, 4.69) is 26.0 Å². The van der Waals surface area contributed by atoms with Crippen molar-refractivity contribution in [2.24, 2.45) is 5.10 Å². The topological polar surface area (TPSA) is 110 Å². The normalized spacial score (nSPS) is 10.9. The van der Waals surface area contributed by atoms with Gasteiger partial charge in [0.15, 0.2) is 0 Å². The maximum Gasteiger partial charge on any atom is 0.264 e. The van der Waals surface area contributed by atoms with Crippen LogP contribution in [0, 0.1) is 6.92 Å². The number of hydrazone groups is 1. The van der Waals surface area contributed by atoms with Gasteiger partial charge in [0.05, 0.1) is 12.0 Å². The molecule has 8 nitrogen and oxygen atoms in total. The third-order valence-electron chi connectivity index (χ3n) is 3.58. The molecule has 144 valence electrons. The molecular weight excluding hydrogens is 398 g/mol. The van der Waals surface area contributed by atoms with E-state index in [1.807, 2.05) is 43.3 Å². The van der Waals surface area contributed by atoms with E-state index in [1.165, 1.54) is 16.4 Å². The van der Waals surface area contributed by atoms with Crippen LogP contribution in [-0.2, 0) is 4.79 Å². The zero-order valence-electron chi connectivity index (χ0n) is 15.0. The summed E-state index contributed by atoms with van der Waals surface area (Å²) in [4.78, 5) is 12.1. The minimum atomic E-state index is -0.160. The van der Waals surface area contributed by atoms with Gasteiger partial charge < -0.3 is 11.2 Å². The van der Waals surface area contributed by atoms with Crippen LogP contribution in [0.25, 0.3) is 0 Å². The molecule has 0 aliphatic rings. The number of benzene rings is 2. The van der Waals surface area contributed by atoms with Crippen molar-refractivity contribution in [3.63, 3.8) is 0 Å². The Hall–Kier alpha value is -3.04. The predicted octanol–water partition coefficient (Wildman–Crippen LogP) is 3.13. The molecule has 0 radical (unpaired) electrons. The lowest BCUT2D eigenvalue weighted by Crippen LogP contribution is -2.16. The number of nitrogens with two attached hydrogens (primary N) is 1. The zero-order chi connectivity index (χ0) is 19.9. The summed E-state index contributed by atoms with van der Waals surface area (Å²) >= 11 is 7.02. The number of hydrogen-bond acceptors (Lipinski definition) is 7. The smallest absolute Gasteiger partial charge is 0.264 e. The van der Waals surface area contributed by atoms with Crippen LogP contribution >= 0.6 is 23.4 Å². The van der Waals surface area contributed by atoms with E-state index < -0.39 is 0 Å². The number of anilines is 2. The van der Waals surface area contributed by atoms with Gasteiger partial charge >= 0.3 is 0 Å². The molecule has 0 bridgehead atoms. The first-order valence-electron chi connectivity index (χ1n) is 8.26. The summed E-state index contributed by atoms with van der Waals surface area (Å²) < 4.78 is 1.24. The van der Waals surface area contributed by atoms with Gasteiger partial charge in [-0.3, -0.25) is 4.79 Å². The molecule has 2 aromatic carbocycles. The number of nitrogens with zero attached hydrogens (tertiary/aromatic N) is 4.